The maximum atomic E-state index is 12.4. The number of rotatable bonds is 6. The van der Waals surface area contributed by atoms with Crippen LogP contribution in [0.1, 0.15) is 36.2 Å². The molecule has 19 heavy (non-hydrogen) atoms. The molecular weight excluding hydrogens is 242 g/mol. The average Bonchev–Trinajstić information content (AvgIpc) is 2.40. The minimum atomic E-state index is -0.0270. The number of aromatic nitrogens is 1. The lowest BCUT2D eigenvalue weighted by Crippen LogP contribution is -2.45. The van der Waals surface area contributed by atoms with Crippen molar-refractivity contribution in [2.24, 2.45) is 0 Å². The van der Waals surface area contributed by atoms with Crippen LogP contribution in [-0.2, 0) is 0 Å². The van der Waals surface area contributed by atoms with Gasteiger partial charge in [-0.1, -0.05) is 0 Å². The second-order valence-corrected chi connectivity index (χ2v) is 4.84. The number of amides is 1. The first-order chi connectivity index (χ1) is 9.26. The van der Waals surface area contributed by atoms with Gasteiger partial charge in [0.25, 0.3) is 5.91 Å². The number of pyridine rings is 1. The molecule has 2 rings (SSSR count). The summed E-state index contributed by atoms with van der Waals surface area (Å²) >= 11 is 0. The molecule has 0 radical (unpaired) electrons. The van der Waals surface area contributed by atoms with Gasteiger partial charge in [0.15, 0.2) is 0 Å². The van der Waals surface area contributed by atoms with Crippen LogP contribution in [0.15, 0.2) is 18.3 Å². The Morgan fingerprint density at radius 2 is 2.32 bits per heavy atom. The highest BCUT2D eigenvalue weighted by atomic mass is 16.3. The van der Waals surface area contributed by atoms with Crippen LogP contribution in [0.3, 0.4) is 0 Å². The van der Waals surface area contributed by atoms with Gasteiger partial charge >= 0.3 is 0 Å². The van der Waals surface area contributed by atoms with E-state index in [-0.39, 0.29) is 12.5 Å². The van der Waals surface area contributed by atoms with Gasteiger partial charge in [-0.15, -0.1) is 0 Å². The summed E-state index contributed by atoms with van der Waals surface area (Å²) < 4.78 is 0. The van der Waals surface area contributed by atoms with E-state index in [1.807, 2.05) is 18.0 Å². The van der Waals surface area contributed by atoms with E-state index in [1.165, 1.54) is 6.42 Å². The second kappa shape index (κ2) is 6.52. The van der Waals surface area contributed by atoms with Gasteiger partial charge in [-0.2, -0.15) is 0 Å². The molecule has 2 N–H and O–H groups in total. The number of nitrogens with zero attached hydrogens (tertiary/aromatic N) is 2. The van der Waals surface area contributed by atoms with Gasteiger partial charge in [0, 0.05) is 26.2 Å². The topological polar surface area (TPSA) is 65.5 Å². The number of nitrogens with one attached hydrogen (secondary N) is 1. The van der Waals surface area contributed by atoms with Gasteiger partial charge in [0.1, 0.15) is 5.69 Å². The summed E-state index contributed by atoms with van der Waals surface area (Å²) in [6, 6.07) is 3.93. The van der Waals surface area contributed by atoms with Crippen LogP contribution in [0.5, 0.6) is 0 Å². The van der Waals surface area contributed by atoms with Crippen LogP contribution >= 0.6 is 0 Å². The number of carbonyl (C=O) groups is 1. The van der Waals surface area contributed by atoms with Crippen LogP contribution < -0.4 is 5.32 Å². The van der Waals surface area contributed by atoms with Crippen molar-refractivity contribution < 1.29 is 9.90 Å². The summed E-state index contributed by atoms with van der Waals surface area (Å²) in [5, 5.41) is 11.9. The van der Waals surface area contributed by atoms with E-state index in [2.05, 4.69) is 10.3 Å². The predicted molar refractivity (Wildman–Crippen MR) is 74.2 cm³/mol. The smallest absolute Gasteiger partial charge is 0.272 e. The lowest BCUT2D eigenvalue weighted by molar-refractivity contribution is 0.0556. The standard InChI is InChI=1S/C14H21N3O2/c1-15-11-6-7-13(16-10-11)14(19)17(8-3-9-18)12-4-2-5-12/h6-7,10,12,15,18H,2-5,8-9H2,1H3. The molecule has 0 atom stereocenters. The number of aliphatic hydroxyl groups is 1. The molecule has 5 nitrogen and oxygen atoms in total. The first-order valence-corrected chi connectivity index (χ1v) is 6.82. The van der Waals surface area contributed by atoms with E-state index >= 15 is 0 Å². The molecule has 1 fully saturated rings. The minimum Gasteiger partial charge on any atom is -0.396 e. The molecule has 0 saturated heterocycles. The van der Waals surface area contributed by atoms with Crippen molar-refractivity contribution in [2.75, 3.05) is 25.5 Å². The molecule has 1 heterocycles. The van der Waals surface area contributed by atoms with Crippen molar-refractivity contribution in [2.45, 2.75) is 31.7 Å². The summed E-state index contributed by atoms with van der Waals surface area (Å²) in [5.41, 5.74) is 1.37. The Hall–Kier alpha value is -1.62. The Labute approximate surface area is 113 Å². The van der Waals surface area contributed by atoms with Crippen LogP contribution in [-0.4, -0.2) is 47.1 Å². The predicted octanol–water partition coefficient (Wildman–Crippen LogP) is 1.50. The highest BCUT2D eigenvalue weighted by Gasteiger charge is 2.29. The normalized spacial score (nSPS) is 14.8. The summed E-state index contributed by atoms with van der Waals surface area (Å²) in [6.07, 6.45) is 5.59. The van der Waals surface area contributed by atoms with Gasteiger partial charge in [-0.05, 0) is 37.8 Å². The quantitative estimate of drug-likeness (QED) is 0.816. The zero-order chi connectivity index (χ0) is 13.7. The van der Waals surface area contributed by atoms with Crippen LogP contribution in [0.4, 0.5) is 5.69 Å². The van der Waals surface area contributed by atoms with Gasteiger partial charge < -0.3 is 15.3 Å². The molecule has 1 amide bonds. The third kappa shape index (κ3) is 3.23. The Bertz CT molecular complexity index is 415. The highest BCUT2D eigenvalue weighted by molar-refractivity contribution is 5.92. The lowest BCUT2D eigenvalue weighted by Gasteiger charge is -2.37. The fourth-order valence-corrected chi connectivity index (χ4v) is 2.20. The Morgan fingerprint density at radius 3 is 2.79 bits per heavy atom. The summed E-state index contributed by atoms with van der Waals surface area (Å²) in [6.45, 7) is 0.720. The molecule has 1 aliphatic rings. The van der Waals surface area contributed by atoms with Crippen LogP contribution in [0.2, 0.25) is 0 Å². The molecule has 1 aromatic rings. The molecule has 0 spiro atoms. The number of aliphatic hydroxyl groups excluding tert-OH is 1. The van der Waals surface area contributed by atoms with E-state index in [4.69, 9.17) is 5.11 Å². The van der Waals surface area contributed by atoms with Crippen molar-refractivity contribution >= 4 is 11.6 Å². The molecular formula is C14H21N3O2. The van der Waals surface area contributed by atoms with Gasteiger partial charge in [0.2, 0.25) is 0 Å². The third-order valence-electron chi connectivity index (χ3n) is 3.60. The Kier molecular flexibility index (Phi) is 4.74. The zero-order valence-electron chi connectivity index (χ0n) is 11.3. The molecule has 1 aliphatic carbocycles. The number of hydrogen-bond donors (Lipinski definition) is 2. The molecule has 0 bridgehead atoms. The molecule has 0 aliphatic heterocycles. The van der Waals surface area contributed by atoms with Crippen molar-refractivity contribution in [3.05, 3.63) is 24.0 Å². The van der Waals surface area contributed by atoms with E-state index < -0.39 is 0 Å². The zero-order valence-corrected chi connectivity index (χ0v) is 11.3. The number of anilines is 1. The van der Waals surface area contributed by atoms with E-state index in [1.54, 1.807) is 12.3 Å². The third-order valence-corrected chi connectivity index (χ3v) is 3.60. The fraction of sp³-hybridized carbons (Fsp3) is 0.571. The highest BCUT2D eigenvalue weighted by Crippen LogP contribution is 2.26. The minimum absolute atomic E-state index is 0.0270. The van der Waals surface area contributed by atoms with Gasteiger partial charge in [0.05, 0.1) is 11.9 Å². The SMILES string of the molecule is CNc1ccc(C(=O)N(CCCO)C2CCC2)nc1. The fourth-order valence-electron chi connectivity index (χ4n) is 2.20. The van der Waals surface area contributed by atoms with Crippen molar-refractivity contribution in [1.29, 1.82) is 0 Å². The largest absolute Gasteiger partial charge is 0.396 e. The molecule has 0 unspecified atom stereocenters. The van der Waals surface area contributed by atoms with Crippen LogP contribution in [0, 0.1) is 0 Å². The van der Waals surface area contributed by atoms with Gasteiger partial charge in [-0.3, -0.25) is 4.79 Å². The molecule has 5 heteroatoms. The monoisotopic (exact) mass is 263 g/mol. The first-order valence-electron chi connectivity index (χ1n) is 6.82. The number of hydrogen-bond acceptors (Lipinski definition) is 4. The lowest BCUT2D eigenvalue weighted by atomic mass is 9.91. The number of carbonyl (C=O) groups excluding carboxylic acids is 1. The molecule has 1 saturated carbocycles. The first kappa shape index (κ1) is 13.8. The van der Waals surface area contributed by atoms with Crippen molar-refractivity contribution in [3.63, 3.8) is 0 Å². The molecule has 0 aromatic carbocycles. The van der Waals surface area contributed by atoms with E-state index in [0.717, 1.165) is 18.5 Å². The van der Waals surface area contributed by atoms with E-state index in [9.17, 15) is 4.79 Å². The van der Waals surface area contributed by atoms with Gasteiger partial charge in [-0.25, -0.2) is 4.98 Å². The summed E-state index contributed by atoms with van der Waals surface area (Å²) in [5.74, 6) is -0.0270. The van der Waals surface area contributed by atoms with Crippen LogP contribution in [0.25, 0.3) is 0 Å². The van der Waals surface area contributed by atoms with Crippen molar-refractivity contribution in [1.82, 2.24) is 9.88 Å². The molecule has 104 valence electrons. The maximum Gasteiger partial charge on any atom is 0.272 e. The van der Waals surface area contributed by atoms with E-state index in [0.29, 0.717) is 24.7 Å². The summed E-state index contributed by atoms with van der Waals surface area (Å²) in [4.78, 5) is 18.5. The maximum absolute atomic E-state index is 12.4. The summed E-state index contributed by atoms with van der Waals surface area (Å²) in [7, 11) is 1.82. The molecule has 1 aromatic heterocycles. The Balaban J connectivity index is 2.08. The Morgan fingerprint density at radius 1 is 1.53 bits per heavy atom. The van der Waals surface area contributed by atoms with Crippen molar-refractivity contribution in [3.8, 4) is 0 Å². The second-order valence-electron chi connectivity index (χ2n) is 4.84. The average molecular weight is 263 g/mol.